The number of ether oxygens (including phenoxy) is 1. The maximum atomic E-state index is 13.1. The largest absolute Gasteiger partial charge is 0.457 e. The van der Waals surface area contributed by atoms with E-state index in [1.54, 1.807) is 36.4 Å². The molecular weight excluding hydrogens is 408 g/mol. The molecule has 1 heterocycles. The highest BCUT2D eigenvalue weighted by Crippen LogP contribution is 2.27. The average molecular weight is 426 g/mol. The van der Waals surface area contributed by atoms with Crippen LogP contribution in [0.2, 0.25) is 0 Å². The smallest absolute Gasteiger partial charge is 0.270 e. The summed E-state index contributed by atoms with van der Waals surface area (Å²) in [5.74, 6) is 0.305. The number of rotatable bonds is 5. The molecule has 152 valence electrons. The fraction of sp³-hybridized carbons (Fsp3) is 0. The molecule has 2 amide bonds. The van der Waals surface area contributed by atoms with Crippen LogP contribution in [-0.4, -0.2) is 16.9 Å². The molecule has 1 fully saturated rings. The Hall–Kier alpha value is -4.03. The Morgan fingerprint density at radius 1 is 0.871 bits per heavy atom. The summed E-state index contributed by atoms with van der Waals surface area (Å²) in [7, 11) is 0. The van der Waals surface area contributed by atoms with Crippen molar-refractivity contribution in [2.24, 2.45) is 0 Å². The molecule has 1 aliphatic rings. The van der Waals surface area contributed by atoms with Crippen LogP contribution >= 0.6 is 12.2 Å². The zero-order valence-corrected chi connectivity index (χ0v) is 17.3. The van der Waals surface area contributed by atoms with E-state index in [2.05, 4.69) is 11.9 Å². The molecule has 3 aromatic carbocycles. The molecule has 0 radical (unpaired) electrons. The number of hydrogen-bond donors (Lipinski definition) is 1. The van der Waals surface area contributed by atoms with Crippen molar-refractivity contribution < 1.29 is 14.3 Å². The molecule has 3 aromatic rings. The van der Waals surface area contributed by atoms with E-state index in [0.717, 1.165) is 11.1 Å². The number of hydrogen-bond acceptors (Lipinski definition) is 4. The van der Waals surface area contributed by atoms with Gasteiger partial charge in [-0.05, 0) is 71.9 Å². The molecule has 0 aromatic heterocycles. The van der Waals surface area contributed by atoms with Crippen LogP contribution < -0.4 is 15.0 Å². The van der Waals surface area contributed by atoms with Gasteiger partial charge in [0, 0.05) is 0 Å². The Morgan fingerprint density at radius 3 is 2.26 bits per heavy atom. The summed E-state index contributed by atoms with van der Waals surface area (Å²) in [5, 5.41) is 2.62. The van der Waals surface area contributed by atoms with Gasteiger partial charge in [0.1, 0.15) is 17.1 Å². The first-order valence-electron chi connectivity index (χ1n) is 9.52. The van der Waals surface area contributed by atoms with Crippen molar-refractivity contribution in [1.29, 1.82) is 0 Å². The van der Waals surface area contributed by atoms with E-state index in [9.17, 15) is 9.59 Å². The second-order valence-electron chi connectivity index (χ2n) is 6.74. The highest BCUT2D eigenvalue weighted by atomic mass is 32.1. The number of benzene rings is 3. The van der Waals surface area contributed by atoms with Gasteiger partial charge in [0.25, 0.3) is 11.8 Å². The number of anilines is 1. The van der Waals surface area contributed by atoms with Crippen LogP contribution in [-0.2, 0) is 9.59 Å². The molecule has 0 aliphatic carbocycles. The van der Waals surface area contributed by atoms with Gasteiger partial charge >= 0.3 is 0 Å². The first-order chi connectivity index (χ1) is 15.0. The highest BCUT2D eigenvalue weighted by molar-refractivity contribution is 7.80. The lowest BCUT2D eigenvalue weighted by atomic mass is 10.0. The lowest BCUT2D eigenvalue weighted by Gasteiger charge is -2.29. The van der Waals surface area contributed by atoms with E-state index in [4.69, 9.17) is 17.0 Å². The van der Waals surface area contributed by atoms with E-state index in [1.807, 2.05) is 54.6 Å². The van der Waals surface area contributed by atoms with Crippen molar-refractivity contribution in [2.45, 2.75) is 0 Å². The molecule has 1 aliphatic heterocycles. The summed E-state index contributed by atoms with van der Waals surface area (Å²) in [6.45, 7) is 3.74. The Labute approximate surface area is 185 Å². The normalized spacial score (nSPS) is 15.0. The van der Waals surface area contributed by atoms with Gasteiger partial charge in [-0.25, -0.2) is 0 Å². The van der Waals surface area contributed by atoms with E-state index in [-0.39, 0.29) is 10.7 Å². The number of carbonyl (C=O) groups excluding carboxylic acids is 2. The number of nitrogens with one attached hydrogen (secondary N) is 1. The van der Waals surface area contributed by atoms with Crippen LogP contribution in [0.4, 0.5) is 5.69 Å². The second-order valence-corrected chi connectivity index (χ2v) is 7.13. The summed E-state index contributed by atoms with van der Waals surface area (Å²) in [5.41, 5.74) is 2.13. The Bertz CT molecular complexity index is 1200. The Balaban J connectivity index is 1.61. The Morgan fingerprint density at radius 2 is 1.55 bits per heavy atom. The minimum Gasteiger partial charge on any atom is -0.457 e. The van der Waals surface area contributed by atoms with Crippen molar-refractivity contribution in [3.8, 4) is 11.5 Å². The van der Waals surface area contributed by atoms with Crippen LogP contribution in [0.5, 0.6) is 11.5 Å². The number of para-hydroxylation sites is 1. The number of carbonyl (C=O) groups is 2. The average Bonchev–Trinajstić information content (AvgIpc) is 2.78. The van der Waals surface area contributed by atoms with Crippen molar-refractivity contribution in [1.82, 2.24) is 5.32 Å². The molecule has 6 heteroatoms. The van der Waals surface area contributed by atoms with Crippen molar-refractivity contribution in [3.05, 3.63) is 102 Å². The molecule has 0 unspecified atom stereocenters. The minimum atomic E-state index is -0.528. The molecular formula is C25H18N2O3S. The van der Waals surface area contributed by atoms with Gasteiger partial charge in [-0.1, -0.05) is 49.1 Å². The maximum absolute atomic E-state index is 13.1. The van der Waals surface area contributed by atoms with E-state index >= 15 is 0 Å². The molecule has 31 heavy (non-hydrogen) atoms. The summed E-state index contributed by atoms with van der Waals surface area (Å²) in [6.07, 6.45) is 3.25. The summed E-state index contributed by atoms with van der Waals surface area (Å²) >= 11 is 5.26. The van der Waals surface area contributed by atoms with Gasteiger partial charge in [0.15, 0.2) is 5.11 Å². The lowest BCUT2D eigenvalue weighted by molar-refractivity contribution is -0.122. The third kappa shape index (κ3) is 4.44. The zero-order chi connectivity index (χ0) is 21.8. The quantitative estimate of drug-likeness (QED) is 0.356. The number of amides is 2. The highest BCUT2D eigenvalue weighted by Gasteiger charge is 2.34. The molecule has 4 rings (SSSR count). The zero-order valence-electron chi connectivity index (χ0n) is 16.4. The number of thiocarbonyl (C=S) groups is 1. The first kappa shape index (κ1) is 20.3. The van der Waals surface area contributed by atoms with Crippen molar-refractivity contribution in [2.75, 3.05) is 4.90 Å². The van der Waals surface area contributed by atoms with Gasteiger partial charge in [0.05, 0.1) is 5.69 Å². The topological polar surface area (TPSA) is 58.6 Å². The molecule has 0 saturated carbocycles. The third-order valence-electron chi connectivity index (χ3n) is 4.63. The van der Waals surface area contributed by atoms with E-state index < -0.39 is 11.8 Å². The van der Waals surface area contributed by atoms with Crippen molar-refractivity contribution in [3.63, 3.8) is 0 Å². The maximum Gasteiger partial charge on any atom is 0.270 e. The van der Waals surface area contributed by atoms with Gasteiger partial charge in [-0.2, -0.15) is 0 Å². The van der Waals surface area contributed by atoms with Crippen LogP contribution in [0, 0.1) is 0 Å². The van der Waals surface area contributed by atoms with Crippen LogP contribution in [0.3, 0.4) is 0 Å². The standard InChI is InChI=1S/C25H18N2O3S/c1-2-17-7-6-8-18(15-17)16-22-23(28)26-25(31)27(24(22)29)19-11-13-21(14-12-19)30-20-9-4-3-5-10-20/h2-16H,1H2,(H,26,28,31)/b22-16+. The third-order valence-corrected chi connectivity index (χ3v) is 4.92. The SMILES string of the molecule is C=Cc1cccc(/C=C2\C(=O)NC(=S)N(c3ccc(Oc4ccccc4)cc3)C2=O)c1. The van der Waals surface area contributed by atoms with Gasteiger partial charge in [-0.3, -0.25) is 19.8 Å². The summed E-state index contributed by atoms with van der Waals surface area (Å²) < 4.78 is 5.79. The lowest BCUT2D eigenvalue weighted by Crippen LogP contribution is -2.54. The second kappa shape index (κ2) is 8.77. The molecule has 0 atom stereocenters. The molecule has 0 bridgehead atoms. The van der Waals surface area contributed by atoms with Gasteiger partial charge < -0.3 is 4.74 Å². The minimum absolute atomic E-state index is 0.000533. The monoisotopic (exact) mass is 426 g/mol. The summed E-state index contributed by atoms with van der Waals surface area (Å²) in [6, 6.07) is 23.7. The first-order valence-corrected chi connectivity index (χ1v) is 9.93. The molecule has 5 nitrogen and oxygen atoms in total. The Kier molecular flexibility index (Phi) is 5.73. The molecule has 1 N–H and O–H groups in total. The fourth-order valence-corrected chi connectivity index (χ4v) is 3.40. The van der Waals surface area contributed by atoms with Gasteiger partial charge in [0.2, 0.25) is 0 Å². The summed E-state index contributed by atoms with van der Waals surface area (Å²) in [4.78, 5) is 26.9. The van der Waals surface area contributed by atoms with Crippen LogP contribution in [0.1, 0.15) is 11.1 Å². The predicted octanol–water partition coefficient (Wildman–Crippen LogP) is 4.95. The predicted molar refractivity (Wildman–Crippen MR) is 126 cm³/mol. The molecule has 0 spiro atoms. The molecule has 1 saturated heterocycles. The van der Waals surface area contributed by atoms with Gasteiger partial charge in [-0.15, -0.1) is 0 Å². The van der Waals surface area contributed by atoms with E-state index in [0.29, 0.717) is 17.2 Å². The van der Waals surface area contributed by atoms with Crippen molar-refractivity contribution >= 4 is 47.0 Å². The van der Waals surface area contributed by atoms with Crippen LogP contribution in [0.15, 0.2) is 91.0 Å². The number of nitrogens with zero attached hydrogens (tertiary/aromatic N) is 1. The van der Waals surface area contributed by atoms with E-state index in [1.165, 1.54) is 4.90 Å². The van der Waals surface area contributed by atoms with Crippen LogP contribution in [0.25, 0.3) is 12.2 Å². The fourth-order valence-electron chi connectivity index (χ4n) is 3.12.